The zero-order chi connectivity index (χ0) is 20.2. The maximum absolute atomic E-state index is 13.1. The van der Waals surface area contributed by atoms with E-state index in [1.807, 2.05) is 42.2 Å². The molecule has 1 saturated heterocycles. The Morgan fingerprint density at radius 1 is 0.897 bits per heavy atom. The molecular weight excluding hydrogens is 362 g/mol. The lowest BCUT2D eigenvalue weighted by atomic mass is 10.1. The van der Waals surface area contributed by atoms with Gasteiger partial charge in [0.25, 0.3) is 5.91 Å². The molecule has 1 aromatic heterocycles. The maximum atomic E-state index is 13.1. The quantitative estimate of drug-likeness (QED) is 0.687. The second-order valence-electron chi connectivity index (χ2n) is 7.67. The Bertz CT molecular complexity index is 965. The Hall–Kier alpha value is -2.99. The summed E-state index contributed by atoms with van der Waals surface area (Å²) in [6.07, 6.45) is 0.962. The first-order valence-corrected chi connectivity index (χ1v) is 10.2. The van der Waals surface area contributed by atoms with Crippen molar-refractivity contribution in [1.29, 1.82) is 0 Å². The fourth-order valence-corrected chi connectivity index (χ4v) is 3.69. The maximum Gasteiger partial charge on any atom is 0.276 e. The summed E-state index contributed by atoms with van der Waals surface area (Å²) in [6, 6.07) is 18.4. The van der Waals surface area contributed by atoms with E-state index in [-0.39, 0.29) is 5.91 Å². The fourth-order valence-electron chi connectivity index (χ4n) is 3.69. The molecule has 0 unspecified atom stereocenters. The Labute approximate surface area is 171 Å². The lowest BCUT2D eigenvalue weighted by Crippen LogP contribution is -2.35. The molecule has 29 heavy (non-hydrogen) atoms. The molecule has 1 fully saturated rings. The first-order chi connectivity index (χ1) is 14.1. The molecule has 1 aliphatic heterocycles. The van der Waals surface area contributed by atoms with Gasteiger partial charge in [0.15, 0.2) is 5.69 Å². The lowest BCUT2D eigenvalue weighted by Gasteiger charge is -2.21. The summed E-state index contributed by atoms with van der Waals surface area (Å²) >= 11 is 0. The van der Waals surface area contributed by atoms with E-state index >= 15 is 0 Å². The molecule has 1 aliphatic rings. The molecule has 0 saturated carbocycles. The monoisotopic (exact) mass is 389 g/mol. The van der Waals surface area contributed by atoms with E-state index in [4.69, 9.17) is 0 Å². The molecule has 3 aromatic rings. The molecule has 0 radical (unpaired) electrons. The smallest absolute Gasteiger partial charge is 0.276 e. The van der Waals surface area contributed by atoms with Crippen molar-refractivity contribution < 1.29 is 4.79 Å². The zero-order valence-electron chi connectivity index (χ0n) is 17.1. The van der Waals surface area contributed by atoms with Crippen LogP contribution in [0.15, 0.2) is 54.6 Å². The van der Waals surface area contributed by atoms with Gasteiger partial charge in [-0.15, -0.1) is 5.10 Å². The molecule has 0 bridgehead atoms. The standard InChI is InChI=1S/C23H27N5O/c1-18-9-11-20(12-10-18)17-26-13-6-14-27(16-15-26)23(29)22-19(2)24-28(25-22)21-7-4-3-5-8-21/h3-5,7-12H,6,13-17H2,1-2H3. The van der Waals surface area contributed by atoms with Crippen molar-refractivity contribution >= 4 is 5.91 Å². The van der Waals surface area contributed by atoms with Crippen molar-refractivity contribution in [3.63, 3.8) is 0 Å². The van der Waals surface area contributed by atoms with Crippen LogP contribution in [0.4, 0.5) is 0 Å². The second kappa shape index (κ2) is 8.57. The minimum Gasteiger partial charge on any atom is -0.336 e. The average Bonchev–Trinajstić information content (AvgIpc) is 2.98. The predicted octanol–water partition coefficient (Wildman–Crippen LogP) is 3.23. The number of para-hydroxylation sites is 1. The summed E-state index contributed by atoms with van der Waals surface area (Å²) in [6.45, 7) is 8.20. The van der Waals surface area contributed by atoms with Crippen molar-refractivity contribution in [2.75, 3.05) is 26.2 Å². The number of hydrogen-bond acceptors (Lipinski definition) is 4. The number of aromatic nitrogens is 3. The Balaban J connectivity index is 1.42. The molecule has 6 nitrogen and oxygen atoms in total. The molecule has 0 spiro atoms. The fraction of sp³-hybridized carbons (Fsp3) is 0.348. The van der Waals surface area contributed by atoms with E-state index in [0.717, 1.165) is 38.3 Å². The minimum atomic E-state index is -0.0260. The van der Waals surface area contributed by atoms with Gasteiger partial charge in [-0.05, 0) is 38.0 Å². The van der Waals surface area contributed by atoms with Crippen molar-refractivity contribution in [3.8, 4) is 5.69 Å². The number of rotatable bonds is 4. The Morgan fingerprint density at radius 3 is 2.41 bits per heavy atom. The van der Waals surface area contributed by atoms with Gasteiger partial charge in [-0.2, -0.15) is 9.90 Å². The van der Waals surface area contributed by atoms with Crippen molar-refractivity contribution in [1.82, 2.24) is 24.8 Å². The number of aryl methyl sites for hydroxylation is 2. The third-order valence-electron chi connectivity index (χ3n) is 5.37. The first kappa shape index (κ1) is 19.3. The SMILES string of the molecule is Cc1ccc(CN2CCCN(C(=O)c3nn(-c4ccccc4)nc3C)CC2)cc1. The van der Waals surface area contributed by atoms with Gasteiger partial charge in [-0.25, -0.2) is 0 Å². The molecule has 1 amide bonds. The molecule has 0 N–H and O–H groups in total. The molecule has 150 valence electrons. The van der Waals surface area contributed by atoms with Gasteiger partial charge in [-0.3, -0.25) is 9.69 Å². The van der Waals surface area contributed by atoms with Crippen LogP contribution in [0.3, 0.4) is 0 Å². The summed E-state index contributed by atoms with van der Waals surface area (Å²) in [5.74, 6) is -0.0260. The van der Waals surface area contributed by atoms with Crippen LogP contribution in [0.5, 0.6) is 0 Å². The zero-order valence-corrected chi connectivity index (χ0v) is 17.1. The van der Waals surface area contributed by atoms with Crippen LogP contribution < -0.4 is 0 Å². The van der Waals surface area contributed by atoms with E-state index in [1.54, 1.807) is 4.80 Å². The van der Waals surface area contributed by atoms with Crippen LogP contribution in [-0.2, 0) is 6.54 Å². The molecule has 0 atom stereocenters. The number of carbonyl (C=O) groups is 1. The highest BCUT2D eigenvalue weighted by molar-refractivity contribution is 5.93. The van der Waals surface area contributed by atoms with Gasteiger partial charge >= 0.3 is 0 Å². The number of carbonyl (C=O) groups excluding carboxylic acids is 1. The Kier molecular flexibility index (Phi) is 5.71. The van der Waals surface area contributed by atoms with Crippen molar-refractivity contribution in [2.45, 2.75) is 26.8 Å². The van der Waals surface area contributed by atoms with Gasteiger partial charge in [0, 0.05) is 32.7 Å². The normalized spacial score (nSPS) is 15.3. The highest BCUT2D eigenvalue weighted by atomic mass is 16.2. The second-order valence-corrected chi connectivity index (χ2v) is 7.67. The van der Waals surface area contributed by atoms with Gasteiger partial charge in [-0.1, -0.05) is 48.0 Å². The van der Waals surface area contributed by atoms with Gasteiger partial charge < -0.3 is 4.90 Å². The average molecular weight is 390 g/mol. The third kappa shape index (κ3) is 4.54. The van der Waals surface area contributed by atoms with Crippen LogP contribution in [-0.4, -0.2) is 56.9 Å². The number of nitrogens with zero attached hydrogens (tertiary/aromatic N) is 5. The van der Waals surface area contributed by atoms with E-state index < -0.39 is 0 Å². The van der Waals surface area contributed by atoms with Gasteiger partial charge in [0.1, 0.15) is 0 Å². The van der Waals surface area contributed by atoms with Crippen LogP contribution in [0.1, 0.15) is 33.7 Å². The van der Waals surface area contributed by atoms with Crippen LogP contribution in [0.25, 0.3) is 5.69 Å². The molecule has 0 aliphatic carbocycles. The van der Waals surface area contributed by atoms with Crippen LogP contribution in [0, 0.1) is 13.8 Å². The molecule has 4 rings (SSSR count). The summed E-state index contributed by atoms with van der Waals surface area (Å²) < 4.78 is 0. The van der Waals surface area contributed by atoms with Gasteiger partial charge in [0.2, 0.25) is 0 Å². The number of amides is 1. The number of benzene rings is 2. The summed E-state index contributed by atoms with van der Waals surface area (Å²) in [5, 5.41) is 8.93. The largest absolute Gasteiger partial charge is 0.336 e. The highest BCUT2D eigenvalue weighted by Crippen LogP contribution is 2.14. The third-order valence-corrected chi connectivity index (χ3v) is 5.37. The van der Waals surface area contributed by atoms with E-state index in [9.17, 15) is 4.79 Å². The topological polar surface area (TPSA) is 54.3 Å². The lowest BCUT2D eigenvalue weighted by molar-refractivity contribution is 0.0754. The Morgan fingerprint density at radius 2 is 1.66 bits per heavy atom. The van der Waals surface area contributed by atoms with Crippen molar-refractivity contribution in [2.24, 2.45) is 0 Å². The molecule has 2 heterocycles. The predicted molar refractivity (Wildman–Crippen MR) is 113 cm³/mol. The minimum absolute atomic E-state index is 0.0260. The molecular formula is C23H27N5O. The van der Waals surface area contributed by atoms with E-state index in [0.29, 0.717) is 17.9 Å². The molecule has 2 aromatic carbocycles. The van der Waals surface area contributed by atoms with Crippen molar-refractivity contribution in [3.05, 3.63) is 77.1 Å². The van der Waals surface area contributed by atoms with Crippen LogP contribution in [0.2, 0.25) is 0 Å². The van der Waals surface area contributed by atoms with E-state index in [2.05, 4.69) is 46.3 Å². The number of hydrogen-bond donors (Lipinski definition) is 0. The first-order valence-electron chi connectivity index (χ1n) is 10.2. The highest BCUT2D eigenvalue weighted by Gasteiger charge is 2.25. The molecule has 6 heteroatoms. The summed E-state index contributed by atoms with van der Waals surface area (Å²) in [5.41, 5.74) is 4.56. The summed E-state index contributed by atoms with van der Waals surface area (Å²) in [4.78, 5) is 19.0. The van der Waals surface area contributed by atoms with E-state index in [1.165, 1.54) is 11.1 Å². The van der Waals surface area contributed by atoms with Crippen LogP contribution >= 0.6 is 0 Å². The van der Waals surface area contributed by atoms with Gasteiger partial charge in [0.05, 0.1) is 11.4 Å². The summed E-state index contributed by atoms with van der Waals surface area (Å²) in [7, 11) is 0.